The summed E-state index contributed by atoms with van der Waals surface area (Å²) in [4.78, 5) is 0. The Kier molecular flexibility index (Phi) is 9.25. The van der Waals surface area contributed by atoms with Crippen LogP contribution in [0.1, 0.15) is 64.2 Å². The summed E-state index contributed by atoms with van der Waals surface area (Å²) in [6.45, 7) is 0. The van der Waals surface area contributed by atoms with Gasteiger partial charge in [0.2, 0.25) is 0 Å². The summed E-state index contributed by atoms with van der Waals surface area (Å²) in [5.41, 5.74) is 0. The van der Waals surface area contributed by atoms with E-state index in [9.17, 15) is 31.4 Å². The van der Waals surface area contributed by atoms with Gasteiger partial charge >= 0.3 is 12.4 Å². The van der Waals surface area contributed by atoms with Gasteiger partial charge < -0.3 is 5.11 Å². The summed E-state index contributed by atoms with van der Waals surface area (Å²) in [6.07, 6.45) is -7.70. The Labute approximate surface area is 115 Å². The molecule has 0 bridgehead atoms. The SMILES string of the molecule is OC(CCCCCC(F)(F)F)CCCCCC(F)(F)F. The second kappa shape index (κ2) is 9.47. The highest BCUT2D eigenvalue weighted by Crippen LogP contribution is 2.24. The van der Waals surface area contributed by atoms with Crippen LogP contribution in [0.3, 0.4) is 0 Å². The van der Waals surface area contributed by atoms with Gasteiger partial charge in [-0.15, -0.1) is 0 Å². The number of aliphatic hydroxyl groups excluding tert-OH is 1. The van der Waals surface area contributed by atoms with Crippen LogP contribution in [0.2, 0.25) is 0 Å². The largest absolute Gasteiger partial charge is 0.393 e. The molecule has 0 radical (unpaired) electrons. The predicted molar refractivity (Wildman–Crippen MR) is 64.3 cm³/mol. The molecule has 7 heteroatoms. The van der Waals surface area contributed by atoms with Crippen LogP contribution in [-0.2, 0) is 0 Å². The zero-order valence-corrected chi connectivity index (χ0v) is 11.4. The second-order valence-electron chi connectivity index (χ2n) is 5.08. The van der Waals surface area contributed by atoms with Gasteiger partial charge in [-0.25, -0.2) is 0 Å². The molecule has 122 valence electrons. The fourth-order valence-corrected chi connectivity index (χ4v) is 1.91. The van der Waals surface area contributed by atoms with Crippen molar-refractivity contribution in [3.63, 3.8) is 0 Å². The third-order valence-corrected chi connectivity index (χ3v) is 3.00. The number of hydrogen-bond donors (Lipinski definition) is 1. The average Bonchev–Trinajstić information content (AvgIpc) is 2.25. The molecule has 0 rings (SSSR count). The van der Waals surface area contributed by atoms with Crippen molar-refractivity contribution in [1.82, 2.24) is 0 Å². The van der Waals surface area contributed by atoms with Crippen LogP contribution in [0.25, 0.3) is 0 Å². The predicted octanol–water partition coefficient (Wildman–Crippen LogP) is 5.37. The maximum Gasteiger partial charge on any atom is 0.389 e. The molecule has 0 aliphatic carbocycles. The lowest BCUT2D eigenvalue weighted by molar-refractivity contribution is -0.136. The van der Waals surface area contributed by atoms with E-state index in [1.54, 1.807) is 0 Å². The Morgan fingerprint density at radius 1 is 0.600 bits per heavy atom. The summed E-state index contributed by atoms with van der Waals surface area (Å²) in [5.74, 6) is 0. The lowest BCUT2D eigenvalue weighted by atomic mass is 10.0. The molecule has 0 fully saturated rings. The van der Waals surface area contributed by atoms with E-state index in [0.29, 0.717) is 38.5 Å². The Bertz CT molecular complexity index is 212. The fourth-order valence-electron chi connectivity index (χ4n) is 1.91. The number of unbranched alkanes of at least 4 members (excludes halogenated alkanes) is 4. The van der Waals surface area contributed by atoms with E-state index in [0.717, 1.165) is 0 Å². The number of alkyl halides is 6. The monoisotopic (exact) mass is 308 g/mol. The summed E-state index contributed by atoms with van der Waals surface area (Å²) < 4.78 is 71.0. The normalized spacial score (nSPS) is 13.2. The summed E-state index contributed by atoms with van der Waals surface area (Å²) in [5, 5.41) is 9.52. The van der Waals surface area contributed by atoms with Gasteiger partial charge in [-0.3, -0.25) is 0 Å². The molecular formula is C13H22F6O. The highest BCUT2D eigenvalue weighted by molar-refractivity contribution is 4.59. The molecule has 0 amide bonds. The Balaban J connectivity index is 3.35. The first-order valence-corrected chi connectivity index (χ1v) is 6.92. The second-order valence-corrected chi connectivity index (χ2v) is 5.08. The van der Waals surface area contributed by atoms with Crippen molar-refractivity contribution in [2.45, 2.75) is 82.7 Å². The van der Waals surface area contributed by atoms with Crippen molar-refractivity contribution in [1.29, 1.82) is 0 Å². The first-order valence-electron chi connectivity index (χ1n) is 6.92. The van der Waals surface area contributed by atoms with Crippen molar-refractivity contribution >= 4 is 0 Å². The molecule has 1 nitrogen and oxygen atoms in total. The molecule has 0 aliphatic rings. The Morgan fingerprint density at radius 2 is 0.950 bits per heavy atom. The zero-order valence-electron chi connectivity index (χ0n) is 11.4. The third-order valence-electron chi connectivity index (χ3n) is 3.00. The molecule has 0 aromatic carbocycles. The summed E-state index contributed by atoms with van der Waals surface area (Å²) in [6, 6.07) is 0. The molecule has 0 aromatic heterocycles. The molecule has 0 unspecified atom stereocenters. The minimum Gasteiger partial charge on any atom is -0.393 e. The first kappa shape index (κ1) is 19.5. The Hall–Kier alpha value is -0.460. The van der Waals surface area contributed by atoms with Crippen molar-refractivity contribution < 1.29 is 31.4 Å². The summed E-state index contributed by atoms with van der Waals surface area (Å²) in [7, 11) is 0. The summed E-state index contributed by atoms with van der Waals surface area (Å²) >= 11 is 0. The molecule has 0 saturated heterocycles. The smallest absolute Gasteiger partial charge is 0.389 e. The van der Waals surface area contributed by atoms with Gasteiger partial charge in [0.05, 0.1) is 6.10 Å². The van der Waals surface area contributed by atoms with Crippen LogP contribution < -0.4 is 0 Å². The van der Waals surface area contributed by atoms with E-state index in [1.165, 1.54) is 0 Å². The van der Waals surface area contributed by atoms with Crippen molar-refractivity contribution in [3.05, 3.63) is 0 Å². The van der Waals surface area contributed by atoms with Gasteiger partial charge in [0.25, 0.3) is 0 Å². The van der Waals surface area contributed by atoms with E-state index < -0.39 is 31.3 Å². The quantitative estimate of drug-likeness (QED) is 0.425. The van der Waals surface area contributed by atoms with Gasteiger partial charge in [0.1, 0.15) is 0 Å². The van der Waals surface area contributed by atoms with Crippen LogP contribution in [0.15, 0.2) is 0 Å². The van der Waals surface area contributed by atoms with Gasteiger partial charge in [-0.2, -0.15) is 26.3 Å². The van der Waals surface area contributed by atoms with Gasteiger partial charge in [-0.1, -0.05) is 25.7 Å². The lowest BCUT2D eigenvalue weighted by Gasteiger charge is -2.11. The van der Waals surface area contributed by atoms with Crippen LogP contribution >= 0.6 is 0 Å². The Morgan fingerprint density at radius 3 is 1.25 bits per heavy atom. The number of aliphatic hydroxyl groups is 1. The molecular weight excluding hydrogens is 286 g/mol. The molecule has 0 aliphatic heterocycles. The lowest BCUT2D eigenvalue weighted by Crippen LogP contribution is -2.09. The average molecular weight is 308 g/mol. The molecule has 0 saturated carbocycles. The van der Waals surface area contributed by atoms with E-state index in [2.05, 4.69) is 0 Å². The number of rotatable bonds is 10. The first-order chi connectivity index (χ1) is 9.10. The molecule has 0 atom stereocenters. The fraction of sp³-hybridized carbons (Fsp3) is 1.00. The van der Waals surface area contributed by atoms with Crippen LogP contribution in [0.5, 0.6) is 0 Å². The molecule has 1 N–H and O–H groups in total. The highest BCUT2D eigenvalue weighted by Gasteiger charge is 2.26. The van der Waals surface area contributed by atoms with Gasteiger partial charge in [-0.05, 0) is 25.7 Å². The standard InChI is InChI=1S/C13H22F6O/c14-12(15,16)9-5-1-3-7-11(20)8-4-2-6-10-13(17,18)19/h11,20H,1-10H2. The topological polar surface area (TPSA) is 20.2 Å². The van der Waals surface area contributed by atoms with Crippen LogP contribution in [0.4, 0.5) is 26.3 Å². The third kappa shape index (κ3) is 15.6. The number of hydrogen-bond acceptors (Lipinski definition) is 1. The molecule has 20 heavy (non-hydrogen) atoms. The maximum atomic E-state index is 11.8. The van der Waals surface area contributed by atoms with Crippen molar-refractivity contribution in [2.24, 2.45) is 0 Å². The van der Waals surface area contributed by atoms with Crippen molar-refractivity contribution in [3.8, 4) is 0 Å². The van der Waals surface area contributed by atoms with Crippen LogP contribution in [-0.4, -0.2) is 23.6 Å². The van der Waals surface area contributed by atoms with E-state index in [1.807, 2.05) is 0 Å². The van der Waals surface area contributed by atoms with Gasteiger partial charge in [0.15, 0.2) is 0 Å². The van der Waals surface area contributed by atoms with Crippen LogP contribution in [0, 0.1) is 0 Å². The van der Waals surface area contributed by atoms with E-state index in [-0.39, 0.29) is 12.8 Å². The maximum absolute atomic E-state index is 11.8. The minimum absolute atomic E-state index is 0.0573. The zero-order chi connectivity index (χ0) is 15.6. The minimum atomic E-state index is -4.13. The number of halogens is 6. The molecule has 0 spiro atoms. The highest BCUT2D eigenvalue weighted by atomic mass is 19.4. The molecule has 0 aromatic rings. The van der Waals surface area contributed by atoms with Gasteiger partial charge in [0, 0.05) is 12.8 Å². The van der Waals surface area contributed by atoms with E-state index >= 15 is 0 Å². The molecule has 0 heterocycles. The van der Waals surface area contributed by atoms with Crippen molar-refractivity contribution in [2.75, 3.05) is 0 Å². The van der Waals surface area contributed by atoms with E-state index in [4.69, 9.17) is 0 Å².